The summed E-state index contributed by atoms with van der Waals surface area (Å²) in [4.78, 5) is 13.9. The maximum atomic E-state index is 12.2. The zero-order valence-electron chi connectivity index (χ0n) is 10.6. The van der Waals surface area contributed by atoms with Crippen molar-refractivity contribution in [3.8, 4) is 0 Å². The fraction of sp³-hybridized carbons (Fsp3) is 0.462. The van der Waals surface area contributed by atoms with E-state index in [0.717, 1.165) is 4.47 Å². The first-order valence-electron chi connectivity index (χ1n) is 5.41. The van der Waals surface area contributed by atoms with Crippen LogP contribution >= 0.6 is 27.5 Å². The molecule has 0 bridgehead atoms. The second kappa shape index (κ2) is 5.40. The molecule has 1 amide bonds. The zero-order valence-corrected chi connectivity index (χ0v) is 12.9. The molecule has 0 unspecified atom stereocenters. The fourth-order valence-electron chi connectivity index (χ4n) is 1.65. The van der Waals surface area contributed by atoms with E-state index in [0.29, 0.717) is 17.1 Å². The number of hydrogen-bond donors (Lipinski definition) is 0. The maximum Gasteiger partial charge on any atom is 0.254 e. The van der Waals surface area contributed by atoms with E-state index in [1.807, 2.05) is 7.05 Å². The third kappa shape index (κ3) is 4.32. The molecule has 94 valence electrons. The summed E-state index contributed by atoms with van der Waals surface area (Å²) in [6.45, 7) is 7.02. The van der Waals surface area contributed by atoms with Crippen LogP contribution in [0, 0.1) is 5.41 Å². The largest absolute Gasteiger partial charge is 0.341 e. The van der Waals surface area contributed by atoms with Crippen molar-refractivity contribution in [2.24, 2.45) is 5.41 Å². The predicted molar refractivity (Wildman–Crippen MR) is 75.6 cm³/mol. The van der Waals surface area contributed by atoms with E-state index >= 15 is 0 Å². The average molecular weight is 319 g/mol. The Morgan fingerprint density at radius 3 is 2.47 bits per heavy atom. The van der Waals surface area contributed by atoms with Gasteiger partial charge in [-0.2, -0.15) is 0 Å². The highest BCUT2D eigenvalue weighted by molar-refractivity contribution is 9.10. The van der Waals surface area contributed by atoms with Gasteiger partial charge in [0.2, 0.25) is 0 Å². The highest BCUT2D eigenvalue weighted by Gasteiger charge is 2.20. The number of rotatable bonds is 2. The second-order valence-electron chi connectivity index (χ2n) is 5.35. The molecule has 1 rings (SSSR count). The van der Waals surface area contributed by atoms with E-state index in [1.165, 1.54) is 0 Å². The Hall–Kier alpha value is -0.540. The molecule has 0 heterocycles. The van der Waals surface area contributed by atoms with E-state index < -0.39 is 0 Å². The molecule has 0 fully saturated rings. The Balaban J connectivity index is 2.89. The summed E-state index contributed by atoms with van der Waals surface area (Å²) in [6.07, 6.45) is 0. The summed E-state index contributed by atoms with van der Waals surface area (Å²) in [5.41, 5.74) is 0.727. The lowest BCUT2D eigenvalue weighted by molar-refractivity contribution is 0.0745. The fourth-order valence-corrected chi connectivity index (χ4v) is 2.50. The van der Waals surface area contributed by atoms with Crippen molar-refractivity contribution in [3.63, 3.8) is 0 Å². The van der Waals surface area contributed by atoms with Gasteiger partial charge in [-0.15, -0.1) is 0 Å². The van der Waals surface area contributed by atoms with Gasteiger partial charge in [-0.3, -0.25) is 4.79 Å². The summed E-state index contributed by atoms with van der Waals surface area (Å²) >= 11 is 9.22. The van der Waals surface area contributed by atoms with Crippen molar-refractivity contribution in [2.75, 3.05) is 13.6 Å². The minimum atomic E-state index is 0.00321. The van der Waals surface area contributed by atoms with Crippen molar-refractivity contribution in [1.82, 2.24) is 4.90 Å². The summed E-state index contributed by atoms with van der Waals surface area (Å²) in [5.74, 6) is 0.00321. The lowest BCUT2D eigenvalue weighted by atomic mass is 9.96. The third-order valence-electron chi connectivity index (χ3n) is 2.22. The van der Waals surface area contributed by atoms with Crippen LogP contribution in [0.15, 0.2) is 22.7 Å². The van der Waals surface area contributed by atoms with Gasteiger partial charge in [0.05, 0.1) is 5.56 Å². The number of carbonyl (C=O) groups is 1. The Labute approximate surface area is 116 Å². The van der Waals surface area contributed by atoms with Gasteiger partial charge in [-0.1, -0.05) is 32.4 Å². The lowest BCUT2D eigenvalue weighted by Crippen LogP contribution is -2.34. The lowest BCUT2D eigenvalue weighted by Gasteiger charge is -2.27. The van der Waals surface area contributed by atoms with Gasteiger partial charge in [0.25, 0.3) is 5.91 Å². The molecule has 1 aromatic carbocycles. The molecule has 1 aromatic rings. The molecule has 0 radical (unpaired) electrons. The minimum absolute atomic E-state index is 0.00321. The number of nitrogens with zero attached hydrogens (tertiary/aromatic N) is 1. The van der Waals surface area contributed by atoms with Crippen LogP contribution in [0.1, 0.15) is 31.1 Å². The van der Waals surface area contributed by atoms with Gasteiger partial charge < -0.3 is 4.90 Å². The van der Waals surface area contributed by atoms with Crippen LogP contribution in [0.4, 0.5) is 0 Å². The SMILES string of the molecule is CN(CC(C)(C)C)C(=O)c1ccc(Cl)cc1Br. The predicted octanol–water partition coefficient (Wildman–Crippen LogP) is 4.22. The molecule has 17 heavy (non-hydrogen) atoms. The first-order valence-corrected chi connectivity index (χ1v) is 6.58. The van der Waals surface area contributed by atoms with E-state index in [1.54, 1.807) is 23.1 Å². The number of carbonyl (C=O) groups excluding carboxylic acids is 1. The van der Waals surface area contributed by atoms with E-state index in [2.05, 4.69) is 36.7 Å². The topological polar surface area (TPSA) is 20.3 Å². The molecule has 0 spiro atoms. The molecule has 0 N–H and O–H groups in total. The quantitative estimate of drug-likeness (QED) is 0.799. The number of amides is 1. The van der Waals surface area contributed by atoms with E-state index in [-0.39, 0.29) is 11.3 Å². The van der Waals surface area contributed by atoms with Crippen molar-refractivity contribution in [3.05, 3.63) is 33.3 Å². The molecule has 0 aliphatic carbocycles. The zero-order chi connectivity index (χ0) is 13.2. The summed E-state index contributed by atoms with van der Waals surface area (Å²) < 4.78 is 0.732. The molecule has 2 nitrogen and oxygen atoms in total. The van der Waals surface area contributed by atoms with Gasteiger partial charge >= 0.3 is 0 Å². The van der Waals surface area contributed by atoms with Gasteiger partial charge in [-0.25, -0.2) is 0 Å². The van der Waals surface area contributed by atoms with Crippen LogP contribution in [0.3, 0.4) is 0 Å². The third-order valence-corrected chi connectivity index (χ3v) is 3.11. The van der Waals surface area contributed by atoms with Crippen LogP contribution in [-0.2, 0) is 0 Å². The summed E-state index contributed by atoms with van der Waals surface area (Å²) in [7, 11) is 1.81. The second-order valence-corrected chi connectivity index (χ2v) is 6.64. The highest BCUT2D eigenvalue weighted by Crippen LogP contribution is 2.23. The number of halogens is 2. The van der Waals surface area contributed by atoms with Crippen molar-refractivity contribution < 1.29 is 4.79 Å². The molecule has 0 aliphatic heterocycles. The first kappa shape index (κ1) is 14.5. The van der Waals surface area contributed by atoms with Crippen molar-refractivity contribution in [1.29, 1.82) is 0 Å². The van der Waals surface area contributed by atoms with Crippen LogP contribution in [0.2, 0.25) is 5.02 Å². The molecule has 0 aliphatic rings. The van der Waals surface area contributed by atoms with Crippen LogP contribution in [0.5, 0.6) is 0 Å². The van der Waals surface area contributed by atoms with E-state index in [9.17, 15) is 4.79 Å². The van der Waals surface area contributed by atoms with Gasteiger partial charge in [0.15, 0.2) is 0 Å². The van der Waals surface area contributed by atoms with Gasteiger partial charge in [0, 0.05) is 23.1 Å². The Bertz CT molecular complexity index is 426. The number of benzene rings is 1. The molecular formula is C13H17BrClNO. The van der Waals surface area contributed by atoms with Crippen molar-refractivity contribution in [2.45, 2.75) is 20.8 Å². The minimum Gasteiger partial charge on any atom is -0.341 e. The molecule has 0 aromatic heterocycles. The number of hydrogen-bond acceptors (Lipinski definition) is 1. The summed E-state index contributed by atoms with van der Waals surface area (Å²) in [6, 6.07) is 5.21. The first-order chi connectivity index (χ1) is 7.70. The summed E-state index contributed by atoms with van der Waals surface area (Å²) in [5, 5.41) is 0.617. The maximum absolute atomic E-state index is 12.2. The Kier molecular flexibility index (Phi) is 4.62. The standard InChI is InChI=1S/C13H17BrClNO/c1-13(2,3)8-16(4)12(17)10-6-5-9(15)7-11(10)14/h5-7H,8H2,1-4H3. The van der Waals surface area contributed by atoms with Crippen LogP contribution in [0.25, 0.3) is 0 Å². The van der Waals surface area contributed by atoms with Crippen LogP contribution < -0.4 is 0 Å². The van der Waals surface area contributed by atoms with Crippen LogP contribution in [-0.4, -0.2) is 24.4 Å². The Morgan fingerprint density at radius 2 is 2.00 bits per heavy atom. The molecule has 0 atom stereocenters. The molecular weight excluding hydrogens is 302 g/mol. The normalized spacial score (nSPS) is 11.4. The smallest absolute Gasteiger partial charge is 0.254 e. The molecule has 0 saturated carbocycles. The Morgan fingerprint density at radius 1 is 1.41 bits per heavy atom. The van der Waals surface area contributed by atoms with Gasteiger partial charge in [0.1, 0.15) is 0 Å². The highest BCUT2D eigenvalue weighted by atomic mass is 79.9. The molecule has 4 heteroatoms. The van der Waals surface area contributed by atoms with Gasteiger partial charge in [-0.05, 0) is 39.5 Å². The average Bonchev–Trinajstić information content (AvgIpc) is 2.14. The monoisotopic (exact) mass is 317 g/mol. The van der Waals surface area contributed by atoms with Crippen molar-refractivity contribution >= 4 is 33.4 Å². The van der Waals surface area contributed by atoms with E-state index in [4.69, 9.17) is 11.6 Å². The molecule has 0 saturated heterocycles.